The van der Waals surface area contributed by atoms with Gasteiger partial charge >= 0.3 is 0 Å². The van der Waals surface area contributed by atoms with E-state index in [9.17, 15) is 5.11 Å². The van der Waals surface area contributed by atoms with Gasteiger partial charge in [0.1, 0.15) is 0 Å². The SMILES string of the molecule is C=C1CCCC(O)C1=C. The fourth-order valence-corrected chi connectivity index (χ4v) is 1.08. The minimum Gasteiger partial charge on any atom is -0.388 e. The van der Waals surface area contributed by atoms with E-state index < -0.39 is 0 Å². The lowest BCUT2D eigenvalue weighted by molar-refractivity contribution is 0.191. The fourth-order valence-electron chi connectivity index (χ4n) is 1.08. The van der Waals surface area contributed by atoms with Crippen LogP contribution in [-0.4, -0.2) is 11.2 Å². The summed E-state index contributed by atoms with van der Waals surface area (Å²) < 4.78 is 0. The van der Waals surface area contributed by atoms with Crippen LogP contribution in [0.15, 0.2) is 24.3 Å². The van der Waals surface area contributed by atoms with Gasteiger partial charge in [-0.25, -0.2) is 0 Å². The van der Waals surface area contributed by atoms with E-state index in [4.69, 9.17) is 0 Å². The third-order valence-electron chi connectivity index (χ3n) is 1.81. The predicted molar refractivity (Wildman–Crippen MR) is 38.1 cm³/mol. The molecule has 0 aromatic carbocycles. The molecule has 0 heterocycles. The molecule has 1 unspecified atom stereocenters. The van der Waals surface area contributed by atoms with E-state index in [1.165, 1.54) is 0 Å². The maximum absolute atomic E-state index is 9.19. The van der Waals surface area contributed by atoms with Crippen molar-refractivity contribution >= 4 is 0 Å². The molecule has 1 fully saturated rings. The second-order valence-electron chi connectivity index (χ2n) is 2.54. The Hall–Kier alpha value is -0.560. The Balaban J connectivity index is 2.62. The van der Waals surface area contributed by atoms with Gasteiger partial charge in [-0.1, -0.05) is 18.7 Å². The van der Waals surface area contributed by atoms with Crippen molar-refractivity contribution in [2.75, 3.05) is 0 Å². The monoisotopic (exact) mass is 124 g/mol. The number of aliphatic hydroxyl groups excluding tert-OH is 1. The summed E-state index contributed by atoms with van der Waals surface area (Å²) in [5.41, 5.74) is 1.86. The van der Waals surface area contributed by atoms with Gasteiger partial charge in [0, 0.05) is 0 Å². The quantitative estimate of drug-likeness (QED) is 0.520. The first-order valence-corrected chi connectivity index (χ1v) is 3.27. The second-order valence-corrected chi connectivity index (χ2v) is 2.54. The van der Waals surface area contributed by atoms with Gasteiger partial charge in [0.05, 0.1) is 6.10 Å². The van der Waals surface area contributed by atoms with Crippen molar-refractivity contribution < 1.29 is 5.11 Å². The molecule has 0 bridgehead atoms. The Bertz CT molecular complexity index is 147. The van der Waals surface area contributed by atoms with Crippen molar-refractivity contribution in [3.63, 3.8) is 0 Å². The third kappa shape index (κ3) is 1.22. The number of hydrogen-bond acceptors (Lipinski definition) is 1. The third-order valence-corrected chi connectivity index (χ3v) is 1.81. The molecule has 1 saturated carbocycles. The first-order chi connectivity index (χ1) is 4.22. The Morgan fingerprint density at radius 3 is 2.56 bits per heavy atom. The molecule has 1 aliphatic carbocycles. The highest BCUT2D eigenvalue weighted by Crippen LogP contribution is 2.25. The molecule has 50 valence electrons. The topological polar surface area (TPSA) is 20.2 Å². The zero-order valence-corrected chi connectivity index (χ0v) is 5.56. The molecule has 0 aliphatic heterocycles. The normalized spacial score (nSPS) is 28.8. The van der Waals surface area contributed by atoms with E-state index in [0.29, 0.717) is 0 Å². The van der Waals surface area contributed by atoms with Gasteiger partial charge in [-0.3, -0.25) is 0 Å². The van der Waals surface area contributed by atoms with Crippen molar-refractivity contribution in [1.29, 1.82) is 0 Å². The van der Waals surface area contributed by atoms with E-state index >= 15 is 0 Å². The average Bonchev–Trinajstić information content (AvgIpc) is 1.83. The van der Waals surface area contributed by atoms with Gasteiger partial charge in [0.25, 0.3) is 0 Å². The Labute approximate surface area is 55.7 Å². The van der Waals surface area contributed by atoms with Crippen LogP contribution in [0.3, 0.4) is 0 Å². The molecule has 0 aromatic rings. The second kappa shape index (κ2) is 2.36. The lowest BCUT2D eigenvalue weighted by Crippen LogP contribution is -2.15. The van der Waals surface area contributed by atoms with E-state index in [-0.39, 0.29) is 6.10 Å². The van der Waals surface area contributed by atoms with Gasteiger partial charge in [-0.15, -0.1) is 0 Å². The summed E-state index contributed by atoms with van der Waals surface area (Å²) in [5.74, 6) is 0. The van der Waals surface area contributed by atoms with E-state index in [2.05, 4.69) is 13.2 Å². The van der Waals surface area contributed by atoms with Crippen LogP contribution in [0.1, 0.15) is 19.3 Å². The maximum atomic E-state index is 9.19. The van der Waals surface area contributed by atoms with Crippen LogP contribution >= 0.6 is 0 Å². The summed E-state index contributed by atoms with van der Waals surface area (Å²) in [6.07, 6.45) is 2.61. The van der Waals surface area contributed by atoms with Crippen LogP contribution in [0.4, 0.5) is 0 Å². The molecule has 0 spiro atoms. The highest BCUT2D eigenvalue weighted by atomic mass is 16.3. The van der Waals surface area contributed by atoms with Crippen LogP contribution < -0.4 is 0 Å². The lowest BCUT2D eigenvalue weighted by Gasteiger charge is -2.21. The highest BCUT2D eigenvalue weighted by molar-refractivity contribution is 5.30. The number of aliphatic hydroxyl groups is 1. The van der Waals surface area contributed by atoms with Crippen molar-refractivity contribution in [1.82, 2.24) is 0 Å². The van der Waals surface area contributed by atoms with Gasteiger partial charge in [0.15, 0.2) is 0 Å². The molecule has 1 aliphatic rings. The van der Waals surface area contributed by atoms with Crippen molar-refractivity contribution in [3.05, 3.63) is 24.3 Å². The summed E-state index contributed by atoms with van der Waals surface area (Å²) in [5, 5.41) is 9.19. The molecule has 9 heavy (non-hydrogen) atoms. The molecule has 1 nitrogen and oxygen atoms in total. The predicted octanol–water partition coefficient (Wildman–Crippen LogP) is 1.64. The molecule has 0 aromatic heterocycles. The van der Waals surface area contributed by atoms with Crippen LogP contribution in [0.2, 0.25) is 0 Å². The molecule has 1 rings (SSSR count). The van der Waals surface area contributed by atoms with Crippen LogP contribution in [-0.2, 0) is 0 Å². The summed E-state index contributed by atoms with van der Waals surface area (Å²) in [7, 11) is 0. The van der Waals surface area contributed by atoms with Crippen molar-refractivity contribution in [2.45, 2.75) is 25.4 Å². The number of rotatable bonds is 0. The summed E-state index contributed by atoms with van der Waals surface area (Å²) in [6, 6.07) is 0. The van der Waals surface area contributed by atoms with Gasteiger partial charge < -0.3 is 5.11 Å². The number of hydrogen-bond donors (Lipinski definition) is 1. The van der Waals surface area contributed by atoms with E-state index in [1.54, 1.807) is 0 Å². The average molecular weight is 124 g/mol. The van der Waals surface area contributed by atoms with E-state index in [0.717, 1.165) is 30.4 Å². The Kier molecular flexibility index (Phi) is 1.72. The van der Waals surface area contributed by atoms with Gasteiger partial charge in [-0.2, -0.15) is 0 Å². The molecule has 1 heteroatoms. The molecule has 1 atom stereocenters. The largest absolute Gasteiger partial charge is 0.388 e. The first-order valence-electron chi connectivity index (χ1n) is 3.27. The molecule has 0 radical (unpaired) electrons. The Morgan fingerprint density at radius 1 is 1.44 bits per heavy atom. The first kappa shape index (κ1) is 6.56. The van der Waals surface area contributed by atoms with Crippen LogP contribution in [0, 0.1) is 0 Å². The minimum atomic E-state index is -0.314. The highest BCUT2D eigenvalue weighted by Gasteiger charge is 2.16. The zero-order chi connectivity index (χ0) is 6.85. The van der Waals surface area contributed by atoms with E-state index in [1.807, 2.05) is 0 Å². The molecule has 0 saturated heterocycles. The van der Waals surface area contributed by atoms with Crippen molar-refractivity contribution in [3.8, 4) is 0 Å². The standard InChI is InChI=1S/C8H12O/c1-6-4-3-5-8(9)7(6)2/h8-9H,1-5H2. The minimum absolute atomic E-state index is 0.314. The van der Waals surface area contributed by atoms with Gasteiger partial charge in [0.2, 0.25) is 0 Å². The summed E-state index contributed by atoms with van der Waals surface area (Å²) in [6.45, 7) is 7.51. The zero-order valence-electron chi connectivity index (χ0n) is 5.56. The van der Waals surface area contributed by atoms with Crippen molar-refractivity contribution in [2.24, 2.45) is 0 Å². The molecular formula is C8H12O. The lowest BCUT2D eigenvalue weighted by atomic mass is 9.90. The van der Waals surface area contributed by atoms with Crippen LogP contribution in [0.25, 0.3) is 0 Å². The van der Waals surface area contributed by atoms with Crippen LogP contribution in [0.5, 0.6) is 0 Å². The van der Waals surface area contributed by atoms with Gasteiger partial charge in [-0.05, 0) is 24.8 Å². The molecular weight excluding hydrogens is 112 g/mol. The smallest absolute Gasteiger partial charge is 0.0786 e. The fraction of sp³-hybridized carbons (Fsp3) is 0.500. The molecule has 1 N–H and O–H groups in total. The summed E-state index contributed by atoms with van der Waals surface area (Å²) >= 11 is 0. The maximum Gasteiger partial charge on any atom is 0.0786 e. The Morgan fingerprint density at radius 2 is 2.11 bits per heavy atom. The summed E-state index contributed by atoms with van der Waals surface area (Å²) in [4.78, 5) is 0. The molecule has 0 amide bonds.